The highest BCUT2D eigenvalue weighted by atomic mass is 16.5. The van der Waals surface area contributed by atoms with E-state index in [2.05, 4.69) is 5.32 Å². The molecule has 8 heteroatoms. The molecule has 0 saturated carbocycles. The lowest BCUT2D eigenvalue weighted by atomic mass is 10.0. The van der Waals surface area contributed by atoms with Crippen LogP contribution >= 0.6 is 0 Å². The number of benzene rings is 4. The number of hydrogen-bond acceptors (Lipinski definition) is 5. The molecule has 0 spiro atoms. The third kappa shape index (κ3) is 5.41. The first-order valence-electron chi connectivity index (χ1n) is 14.2. The van der Waals surface area contributed by atoms with Gasteiger partial charge in [-0.15, -0.1) is 0 Å². The first-order valence-corrected chi connectivity index (χ1v) is 14.2. The molecule has 1 unspecified atom stereocenters. The number of aromatic nitrogens is 3. The zero-order chi connectivity index (χ0) is 30.8. The van der Waals surface area contributed by atoms with Crippen LogP contribution in [0.25, 0.3) is 39.0 Å². The lowest BCUT2D eigenvalue weighted by molar-refractivity contribution is -0.123. The van der Waals surface area contributed by atoms with Crippen molar-refractivity contribution in [1.82, 2.24) is 14.3 Å². The second-order valence-corrected chi connectivity index (χ2v) is 10.5. The zero-order valence-electron chi connectivity index (χ0n) is 24.5. The Morgan fingerprint density at radius 3 is 2.09 bits per heavy atom. The van der Waals surface area contributed by atoms with E-state index in [4.69, 9.17) is 9.72 Å². The van der Waals surface area contributed by atoms with Crippen molar-refractivity contribution >= 4 is 28.5 Å². The third-order valence-electron chi connectivity index (χ3n) is 7.68. The van der Waals surface area contributed by atoms with E-state index in [0.717, 1.165) is 16.7 Å². The Labute approximate surface area is 254 Å². The predicted molar refractivity (Wildman–Crippen MR) is 172 cm³/mol. The first kappa shape index (κ1) is 28.4. The summed E-state index contributed by atoms with van der Waals surface area (Å²) in [6, 6.07) is 36.2. The molecule has 44 heavy (non-hydrogen) atoms. The molecule has 0 saturated heterocycles. The molecule has 4 aromatic carbocycles. The van der Waals surface area contributed by atoms with Gasteiger partial charge in [0.25, 0.3) is 11.5 Å². The van der Waals surface area contributed by atoms with Gasteiger partial charge in [0.05, 0.1) is 28.2 Å². The van der Waals surface area contributed by atoms with Crippen LogP contribution in [0.3, 0.4) is 0 Å². The molecule has 6 aromatic rings. The van der Waals surface area contributed by atoms with Gasteiger partial charge in [0.15, 0.2) is 6.10 Å². The maximum Gasteiger partial charge on any atom is 0.339 e. The number of hydrogen-bond donors (Lipinski definition) is 1. The molecular weight excluding hydrogens is 552 g/mol. The molecule has 8 nitrogen and oxygen atoms in total. The number of amides is 1. The van der Waals surface area contributed by atoms with E-state index in [9.17, 15) is 14.4 Å². The van der Waals surface area contributed by atoms with Gasteiger partial charge in [-0.1, -0.05) is 91.0 Å². The normalized spacial score (nSPS) is 11.7. The number of carbonyl (C=O) groups excluding carboxylic acids is 2. The number of rotatable bonds is 7. The molecule has 1 amide bonds. The summed E-state index contributed by atoms with van der Waals surface area (Å²) in [4.78, 5) is 44.7. The summed E-state index contributed by atoms with van der Waals surface area (Å²) in [5.41, 5.74) is 5.50. The van der Waals surface area contributed by atoms with Crippen molar-refractivity contribution in [3.8, 4) is 28.1 Å². The number of nitrogens with one attached hydrogen (secondary N) is 1. The average Bonchev–Trinajstić information content (AvgIpc) is 3.27. The van der Waals surface area contributed by atoms with Crippen LogP contribution in [-0.2, 0) is 16.6 Å². The van der Waals surface area contributed by atoms with Gasteiger partial charge < -0.3 is 10.1 Å². The van der Waals surface area contributed by atoms with Crippen LogP contribution in [0.5, 0.6) is 0 Å². The van der Waals surface area contributed by atoms with E-state index in [1.54, 1.807) is 30.8 Å². The molecule has 1 atom stereocenters. The molecule has 218 valence electrons. The van der Waals surface area contributed by atoms with Crippen molar-refractivity contribution in [2.45, 2.75) is 20.0 Å². The van der Waals surface area contributed by atoms with Gasteiger partial charge in [0.1, 0.15) is 5.69 Å². The second kappa shape index (κ2) is 11.9. The predicted octanol–water partition coefficient (Wildman–Crippen LogP) is 6.55. The number of ether oxygens (including phenoxy) is 1. The van der Waals surface area contributed by atoms with E-state index >= 15 is 0 Å². The molecular formula is C36H30N4O4. The SMILES string of the molecule is Cc1c(NC(=O)C(C)OC(=O)c2cc(-c3ccc(-c4ccccc4)cc3)nc3ccccc23)c(=O)n(-c2ccccc2)n1C. The van der Waals surface area contributed by atoms with Crippen molar-refractivity contribution in [3.05, 3.63) is 137 Å². The third-order valence-corrected chi connectivity index (χ3v) is 7.68. The Bertz CT molecular complexity index is 2050. The molecule has 1 N–H and O–H groups in total. The first-order chi connectivity index (χ1) is 21.3. The second-order valence-electron chi connectivity index (χ2n) is 10.5. The van der Waals surface area contributed by atoms with E-state index in [0.29, 0.717) is 33.5 Å². The molecule has 6 rings (SSSR count). The summed E-state index contributed by atoms with van der Waals surface area (Å²) in [5.74, 6) is -1.28. The summed E-state index contributed by atoms with van der Waals surface area (Å²) in [7, 11) is 1.74. The summed E-state index contributed by atoms with van der Waals surface area (Å²) < 4.78 is 8.79. The molecule has 0 fully saturated rings. The van der Waals surface area contributed by atoms with Crippen LogP contribution < -0.4 is 10.9 Å². The van der Waals surface area contributed by atoms with E-state index < -0.39 is 18.0 Å². The molecule has 0 bridgehead atoms. The molecule has 2 heterocycles. The number of pyridine rings is 1. The van der Waals surface area contributed by atoms with Gasteiger partial charge in [-0.2, -0.15) is 0 Å². The maximum absolute atomic E-state index is 13.5. The number of anilines is 1. The van der Waals surface area contributed by atoms with Crippen molar-refractivity contribution < 1.29 is 14.3 Å². The summed E-state index contributed by atoms with van der Waals surface area (Å²) in [6.07, 6.45) is -1.17. The molecule has 0 aliphatic rings. The van der Waals surface area contributed by atoms with Crippen LogP contribution in [0, 0.1) is 6.92 Å². The van der Waals surface area contributed by atoms with Gasteiger partial charge in [0, 0.05) is 18.0 Å². The topological polar surface area (TPSA) is 95.2 Å². The highest BCUT2D eigenvalue weighted by Crippen LogP contribution is 2.28. The van der Waals surface area contributed by atoms with Crippen molar-refractivity contribution in [1.29, 1.82) is 0 Å². The number of carbonyl (C=O) groups is 2. The van der Waals surface area contributed by atoms with Crippen LogP contribution in [0.4, 0.5) is 5.69 Å². The fourth-order valence-electron chi connectivity index (χ4n) is 5.17. The Hall–Kier alpha value is -5.76. The largest absolute Gasteiger partial charge is 0.449 e. The highest BCUT2D eigenvalue weighted by Gasteiger charge is 2.25. The molecule has 2 aromatic heterocycles. The average molecular weight is 583 g/mol. The minimum Gasteiger partial charge on any atom is -0.449 e. The number of fused-ring (bicyclic) bond motifs is 1. The van der Waals surface area contributed by atoms with E-state index in [1.807, 2.05) is 103 Å². The van der Waals surface area contributed by atoms with Crippen molar-refractivity contribution in [2.24, 2.45) is 7.05 Å². The maximum atomic E-state index is 13.5. The van der Waals surface area contributed by atoms with Crippen molar-refractivity contribution in [3.63, 3.8) is 0 Å². The van der Waals surface area contributed by atoms with Gasteiger partial charge in [0.2, 0.25) is 0 Å². The van der Waals surface area contributed by atoms with Crippen LogP contribution in [0.15, 0.2) is 120 Å². The van der Waals surface area contributed by atoms with Crippen LogP contribution in [0.1, 0.15) is 23.0 Å². The fourth-order valence-corrected chi connectivity index (χ4v) is 5.17. The van der Waals surface area contributed by atoms with E-state index in [-0.39, 0.29) is 11.2 Å². The molecule has 0 radical (unpaired) electrons. The van der Waals surface area contributed by atoms with Gasteiger partial charge in [-0.25, -0.2) is 14.5 Å². The van der Waals surface area contributed by atoms with E-state index in [1.165, 1.54) is 11.6 Å². The number of esters is 1. The Kier molecular flexibility index (Phi) is 7.64. The Morgan fingerprint density at radius 1 is 0.795 bits per heavy atom. The lowest BCUT2D eigenvalue weighted by Gasteiger charge is -2.15. The highest BCUT2D eigenvalue weighted by molar-refractivity contribution is 6.06. The molecule has 0 aliphatic carbocycles. The lowest BCUT2D eigenvalue weighted by Crippen LogP contribution is -2.32. The summed E-state index contributed by atoms with van der Waals surface area (Å²) >= 11 is 0. The van der Waals surface area contributed by atoms with Gasteiger partial charge in [-0.05, 0) is 49.2 Å². The molecule has 0 aliphatic heterocycles. The fraction of sp³-hybridized carbons (Fsp3) is 0.111. The number of para-hydroxylation sites is 2. The quantitative estimate of drug-likeness (QED) is 0.215. The van der Waals surface area contributed by atoms with Gasteiger partial charge in [-0.3, -0.25) is 14.3 Å². The summed E-state index contributed by atoms with van der Waals surface area (Å²) in [6.45, 7) is 3.22. The standard InChI is InChI=1S/C36H30N4O4/c1-23-33(35(42)40(39(23)3)28-14-8-5-9-15-28)38-34(41)24(2)44-36(43)30-22-32(37-31-17-11-10-16-29(30)31)27-20-18-26(19-21-27)25-12-6-4-7-13-25/h4-22,24H,1-3H3,(H,38,41). The Morgan fingerprint density at radius 2 is 1.39 bits per heavy atom. The minimum atomic E-state index is -1.17. The van der Waals surface area contributed by atoms with Crippen molar-refractivity contribution in [2.75, 3.05) is 5.32 Å². The Balaban J connectivity index is 1.25. The monoisotopic (exact) mass is 582 g/mol. The summed E-state index contributed by atoms with van der Waals surface area (Å²) in [5, 5.41) is 3.29. The van der Waals surface area contributed by atoms with Crippen LogP contribution in [-0.4, -0.2) is 32.3 Å². The smallest absolute Gasteiger partial charge is 0.339 e. The minimum absolute atomic E-state index is 0.125. The zero-order valence-corrected chi connectivity index (χ0v) is 24.5. The number of nitrogens with zero attached hydrogens (tertiary/aromatic N) is 3. The van der Waals surface area contributed by atoms with Gasteiger partial charge >= 0.3 is 5.97 Å². The van der Waals surface area contributed by atoms with Crippen LogP contribution in [0.2, 0.25) is 0 Å².